The maximum absolute atomic E-state index is 11.8. The van der Waals surface area contributed by atoms with Crippen molar-refractivity contribution in [1.29, 1.82) is 0 Å². The maximum Gasteiger partial charge on any atom is 0.388 e. The molecule has 68 valence electrons. The van der Waals surface area contributed by atoms with Gasteiger partial charge in [0.2, 0.25) is 5.88 Å². The van der Waals surface area contributed by atoms with Crippen LogP contribution in [0.25, 0.3) is 5.65 Å². The lowest BCUT2D eigenvalue weighted by Crippen LogP contribution is -2.05. The van der Waals surface area contributed by atoms with E-state index >= 15 is 0 Å². The van der Waals surface area contributed by atoms with Crippen LogP contribution in [0.2, 0.25) is 0 Å². The number of aromatic nitrogens is 3. The summed E-state index contributed by atoms with van der Waals surface area (Å²) in [6.07, 6.45) is 3.07. The lowest BCUT2D eigenvalue weighted by Gasteiger charge is -2.02. The van der Waals surface area contributed by atoms with E-state index in [1.165, 1.54) is 16.8 Å². The Hall–Kier alpha value is -1.72. The molecule has 6 heteroatoms. The number of imidazole rings is 1. The maximum atomic E-state index is 11.8. The summed E-state index contributed by atoms with van der Waals surface area (Å²) in [5.74, 6) is -0.125. The van der Waals surface area contributed by atoms with E-state index in [0.29, 0.717) is 5.65 Å². The van der Waals surface area contributed by atoms with Crippen LogP contribution in [-0.4, -0.2) is 21.2 Å². The van der Waals surface area contributed by atoms with E-state index in [4.69, 9.17) is 0 Å². The van der Waals surface area contributed by atoms with Gasteiger partial charge in [-0.15, -0.1) is 5.10 Å². The molecule has 0 aliphatic heterocycles. The van der Waals surface area contributed by atoms with Gasteiger partial charge in [-0.05, 0) is 6.07 Å². The zero-order chi connectivity index (χ0) is 9.26. The van der Waals surface area contributed by atoms with Gasteiger partial charge in [-0.25, -0.2) is 9.50 Å². The van der Waals surface area contributed by atoms with Gasteiger partial charge in [0, 0.05) is 18.5 Å². The molecule has 2 rings (SSSR count). The molecule has 0 amide bonds. The van der Waals surface area contributed by atoms with Gasteiger partial charge in [0.1, 0.15) is 0 Å². The molecule has 0 saturated carbocycles. The third-order valence-electron chi connectivity index (χ3n) is 1.44. The first kappa shape index (κ1) is 7.90. The zero-order valence-electron chi connectivity index (χ0n) is 6.39. The SMILES string of the molecule is FC(F)Oc1ccc2nccn2n1. The number of halogens is 2. The first-order chi connectivity index (χ1) is 6.25. The molecule has 0 aliphatic rings. The van der Waals surface area contributed by atoms with Crippen LogP contribution in [0.5, 0.6) is 5.88 Å². The smallest absolute Gasteiger partial charge is 0.388 e. The summed E-state index contributed by atoms with van der Waals surface area (Å²) < 4.78 is 29.0. The van der Waals surface area contributed by atoms with E-state index in [1.54, 1.807) is 12.3 Å². The van der Waals surface area contributed by atoms with E-state index in [2.05, 4.69) is 14.8 Å². The highest BCUT2D eigenvalue weighted by Crippen LogP contribution is 2.10. The fourth-order valence-electron chi connectivity index (χ4n) is 0.952. The van der Waals surface area contributed by atoms with Crippen LogP contribution >= 0.6 is 0 Å². The molecule has 0 aliphatic carbocycles. The Labute approximate surface area is 71.8 Å². The summed E-state index contributed by atoms with van der Waals surface area (Å²) in [6.45, 7) is -2.85. The Morgan fingerprint density at radius 3 is 3.00 bits per heavy atom. The summed E-state index contributed by atoms with van der Waals surface area (Å²) in [7, 11) is 0. The Morgan fingerprint density at radius 2 is 2.23 bits per heavy atom. The summed E-state index contributed by atoms with van der Waals surface area (Å²) in [5.41, 5.74) is 0.585. The fourth-order valence-corrected chi connectivity index (χ4v) is 0.952. The third kappa shape index (κ3) is 1.56. The van der Waals surface area contributed by atoms with E-state index in [1.807, 2.05) is 0 Å². The summed E-state index contributed by atoms with van der Waals surface area (Å²) >= 11 is 0. The Bertz CT molecular complexity index is 415. The summed E-state index contributed by atoms with van der Waals surface area (Å²) in [5, 5.41) is 3.73. The van der Waals surface area contributed by atoms with Gasteiger partial charge < -0.3 is 4.74 Å². The van der Waals surface area contributed by atoms with Crippen molar-refractivity contribution in [2.24, 2.45) is 0 Å². The number of hydrogen-bond acceptors (Lipinski definition) is 3. The molecule has 13 heavy (non-hydrogen) atoms. The van der Waals surface area contributed by atoms with Gasteiger partial charge in [-0.2, -0.15) is 8.78 Å². The summed E-state index contributed by atoms with van der Waals surface area (Å²) in [4.78, 5) is 3.90. The fraction of sp³-hybridized carbons (Fsp3) is 0.143. The van der Waals surface area contributed by atoms with Crippen molar-refractivity contribution in [3.05, 3.63) is 24.5 Å². The second kappa shape index (κ2) is 2.96. The number of alkyl halides is 2. The molecule has 0 aromatic carbocycles. The van der Waals surface area contributed by atoms with Gasteiger partial charge in [-0.3, -0.25) is 0 Å². The average molecular weight is 185 g/mol. The first-order valence-corrected chi connectivity index (χ1v) is 3.51. The van der Waals surface area contributed by atoms with E-state index < -0.39 is 6.61 Å². The molecular weight excluding hydrogens is 180 g/mol. The van der Waals surface area contributed by atoms with Gasteiger partial charge in [0.05, 0.1) is 0 Å². The minimum absolute atomic E-state index is 0.125. The molecular formula is C7H5F2N3O. The van der Waals surface area contributed by atoms with Crippen molar-refractivity contribution in [2.75, 3.05) is 0 Å². The van der Waals surface area contributed by atoms with Crippen molar-refractivity contribution >= 4 is 5.65 Å². The normalized spacial score (nSPS) is 11.0. The van der Waals surface area contributed by atoms with Gasteiger partial charge in [0.25, 0.3) is 0 Å². The van der Waals surface area contributed by atoms with Gasteiger partial charge in [-0.1, -0.05) is 0 Å². The van der Waals surface area contributed by atoms with E-state index in [0.717, 1.165) is 0 Å². The topological polar surface area (TPSA) is 39.4 Å². The molecule has 2 aromatic heterocycles. The van der Waals surface area contributed by atoms with E-state index in [9.17, 15) is 8.78 Å². The molecule has 2 aromatic rings. The van der Waals surface area contributed by atoms with Crippen molar-refractivity contribution < 1.29 is 13.5 Å². The minimum Gasteiger partial charge on any atom is -0.415 e. The van der Waals surface area contributed by atoms with Crippen LogP contribution in [0.1, 0.15) is 0 Å². The molecule has 0 atom stereocenters. The first-order valence-electron chi connectivity index (χ1n) is 3.51. The van der Waals surface area contributed by atoms with Crippen molar-refractivity contribution in [2.45, 2.75) is 6.61 Å². The van der Waals surface area contributed by atoms with E-state index in [-0.39, 0.29) is 5.88 Å². The minimum atomic E-state index is -2.85. The largest absolute Gasteiger partial charge is 0.415 e. The summed E-state index contributed by atoms with van der Waals surface area (Å²) in [6, 6.07) is 2.89. The lowest BCUT2D eigenvalue weighted by molar-refractivity contribution is -0.0535. The van der Waals surface area contributed by atoms with Crippen LogP contribution in [0, 0.1) is 0 Å². The highest BCUT2D eigenvalue weighted by atomic mass is 19.3. The number of rotatable bonds is 2. The molecule has 0 saturated heterocycles. The molecule has 0 spiro atoms. The Kier molecular flexibility index (Phi) is 1.80. The van der Waals surface area contributed by atoms with Crippen LogP contribution in [0.4, 0.5) is 8.78 Å². The predicted octanol–water partition coefficient (Wildman–Crippen LogP) is 1.33. The van der Waals surface area contributed by atoms with Gasteiger partial charge in [0.15, 0.2) is 5.65 Å². The molecule has 0 N–H and O–H groups in total. The Morgan fingerprint density at radius 1 is 1.38 bits per heavy atom. The van der Waals surface area contributed by atoms with Crippen molar-refractivity contribution in [3.8, 4) is 5.88 Å². The highest BCUT2D eigenvalue weighted by Gasteiger charge is 2.05. The quantitative estimate of drug-likeness (QED) is 0.708. The van der Waals surface area contributed by atoms with Crippen LogP contribution in [0.15, 0.2) is 24.5 Å². The number of nitrogens with zero attached hydrogens (tertiary/aromatic N) is 3. The highest BCUT2D eigenvalue weighted by molar-refractivity contribution is 5.37. The van der Waals surface area contributed by atoms with Crippen LogP contribution in [0.3, 0.4) is 0 Å². The second-order valence-electron chi connectivity index (χ2n) is 2.28. The average Bonchev–Trinajstić information content (AvgIpc) is 2.49. The third-order valence-corrected chi connectivity index (χ3v) is 1.44. The van der Waals surface area contributed by atoms with Crippen molar-refractivity contribution in [3.63, 3.8) is 0 Å². The number of fused-ring (bicyclic) bond motifs is 1. The molecule has 0 radical (unpaired) electrons. The predicted molar refractivity (Wildman–Crippen MR) is 39.6 cm³/mol. The lowest BCUT2D eigenvalue weighted by atomic mass is 10.5. The molecule has 2 heterocycles. The number of hydrogen-bond donors (Lipinski definition) is 0. The second-order valence-corrected chi connectivity index (χ2v) is 2.28. The Balaban J connectivity index is 2.37. The van der Waals surface area contributed by atoms with Crippen LogP contribution < -0.4 is 4.74 Å². The zero-order valence-corrected chi connectivity index (χ0v) is 6.39. The molecule has 0 fully saturated rings. The number of ether oxygens (including phenoxy) is 1. The van der Waals surface area contributed by atoms with Crippen LogP contribution in [-0.2, 0) is 0 Å². The van der Waals surface area contributed by atoms with Crippen molar-refractivity contribution in [1.82, 2.24) is 14.6 Å². The monoisotopic (exact) mass is 185 g/mol. The van der Waals surface area contributed by atoms with Gasteiger partial charge >= 0.3 is 6.61 Å². The molecule has 0 bridgehead atoms. The molecule has 4 nitrogen and oxygen atoms in total. The standard InChI is InChI=1S/C7H5F2N3O/c8-7(9)13-6-2-1-5-10-3-4-12(5)11-6/h1-4,7H. The molecule has 0 unspecified atom stereocenters.